The van der Waals surface area contributed by atoms with Gasteiger partial charge in [0.25, 0.3) is 0 Å². The average molecular weight is 383 g/mol. The van der Waals surface area contributed by atoms with E-state index >= 15 is 0 Å². The normalized spacial score (nSPS) is 28.3. The van der Waals surface area contributed by atoms with E-state index in [1.54, 1.807) is 0 Å². The third kappa shape index (κ3) is 2.82. The molecule has 2 unspecified atom stereocenters. The van der Waals surface area contributed by atoms with Gasteiger partial charge in [-0.15, -0.1) is 0 Å². The molecule has 1 saturated heterocycles. The second-order valence-electron chi connectivity index (χ2n) is 8.24. The zero-order chi connectivity index (χ0) is 18.6. The summed E-state index contributed by atoms with van der Waals surface area (Å²) >= 11 is 6.07. The maximum Gasteiger partial charge on any atom is 0.203 e. The Bertz CT molecular complexity index is 909. The Morgan fingerprint density at radius 3 is 2.67 bits per heavy atom. The summed E-state index contributed by atoms with van der Waals surface area (Å²) in [7, 11) is 0. The molecule has 2 aromatic carbocycles. The van der Waals surface area contributed by atoms with E-state index in [1.165, 1.54) is 5.56 Å². The Hall–Kier alpha value is -2.04. The molecule has 4 nitrogen and oxygen atoms in total. The fourth-order valence-corrected chi connectivity index (χ4v) is 4.75. The minimum absolute atomic E-state index is 0.189. The molecule has 3 heterocycles. The van der Waals surface area contributed by atoms with Gasteiger partial charge in [0, 0.05) is 29.8 Å². The minimum atomic E-state index is -0.463. The third-order valence-corrected chi connectivity index (χ3v) is 6.02. The van der Waals surface area contributed by atoms with Crippen LogP contribution in [-0.4, -0.2) is 28.7 Å². The first-order valence-electron chi connectivity index (χ1n) is 9.51. The minimum Gasteiger partial charge on any atom is -0.466 e. The summed E-state index contributed by atoms with van der Waals surface area (Å²) in [6.45, 7) is 4.93. The van der Waals surface area contributed by atoms with E-state index in [1.807, 2.05) is 30.3 Å². The Morgan fingerprint density at radius 2 is 1.89 bits per heavy atom. The molecule has 3 aliphatic heterocycles. The summed E-state index contributed by atoms with van der Waals surface area (Å²) < 4.78 is 12.6. The van der Waals surface area contributed by atoms with E-state index in [-0.39, 0.29) is 11.6 Å². The standard InChI is InChI=1S/C22H23ClN2O2/c1-21(2)14-22(11-12-26-21)25-19(17-5-3-4-6-20(17)27-22)13-18(24-25)15-7-9-16(23)10-8-15/h3-10,19H,11-14H2,1-2H3. The number of hydrazone groups is 1. The Labute approximate surface area is 164 Å². The van der Waals surface area contributed by atoms with Crippen LogP contribution in [0, 0.1) is 0 Å². The van der Waals surface area contributed by atoms with Crippen molar-refractivity contribution in [2.75, 3.05) is 6.61 Å². The summed E-state index contributed by atoms with van der Waals surface area (Å²) in [5.74, 6) is 0.976. The highest BCUT2D eigenvalue weighted by molar-refractivity contribution is 6.30. The monoisotopic (exact) mass is 382 g/mol. The lowest BCUT2D eigenvalue weighted by molar-refractivity contribution is -0.212. The van der Waals surface area contributed by atoms with Gasteiger partial charge in [-0.2, -0.15) is 5.10 Å². The molecule has 27 heavy (non-hydrogen) atoms. The number of fused-ring (bicyclic) bond motifs is 4. The summed E-state index contributed by atoms with van der Waals surface area (Å²) in [5, 5.41) is 8.03. The molecule has 5 heteroatoms. The summed E-state index contributed by atoms with van der Waals surface area (Å²) in [4.78, 5) is 0. The van der Waals surface area contributed by atoms with Crippen molar-refractivity contribution in [3.8, 4) is 5.75 Å². The van der Waals surface area contributed by atoms with Crippen molar-refractivity contribution in [3.63, 3.8) is 0 Å². The molecule has 0 aromatic heterocycles. The van der Waals surface area contributed by atoms with Crippen molar-refractivity contribution in [2.45, 2.75) is 50.5 Å². The molecule has 0 bridgehead atoms. The van der Waals surface area contributed by atoms with Gasteiger partial charge >= 0.3 is 0 Å². The van der Waals surface area contributed by atoms with Crippen LogP contribution >= 0.6 is 11.6 Å². The van der Waals surface area contributed by atoms with Crippen molar-refractivity contribution in [1.29, 1.82) is 0 Å². The maximum atomic E-state index is 6.63. The van der Waals surface area contributed by atoms with Crippen LogP contribution in [0.4, 0.5) is 0 Å². The van der Waals surface area contributed by atoms with Crippen molar-refractivity contribution in [2.24, 2.45) is 5.10 Å². The number of benzene rings is 2. The number of halogens is 1. The van der Waals surface area contributed by atoms with Crippen LogP contribution in [0.2, 0.25) is 5.02 Å². The molecule has 2 aromatic rings. The van der Waals surface area contributed by atoms with Crippen LogP contribution in [0.5, 0.6) is 5.75 Å². The van der Waals surface area contributed by atoms with Crippen LogP contribution < -0.4 is 4.74 Å². The van der Waals surface area contributed by atoms with E-state index in [9.17, 15) is 0 Å². The number of hydrogen-bond acceptors (Lipinski definition) is 4. The Morgan fingerprint density at radius 1 is 1.11 bits per heavy atom. The molecule has 1 fully saturated rings. The van der Waals surface area contributed by atoms with Gasteiger partial charge in [-0.3, -0.25) is 0 Å². The van der Waals surface area contributed by atoms with Gasteiger partial charge in [-0.25, -0.2) is 5.01 Å². The molecule has 0 aliphatic carbocycles. The first-order valence-corrected chi connectivity index (χ1v) is 9.88. The van der Waals surface area contributed by atoms with Gasteiger partial charge < -0.3 is 9.47 Å². The third-order valence-electron chi connectivity index (χ3n) is 5.77. The molecule has 0 radical (unpaired) electrons. The van der Waals surface area contributed by atoms with E-state index in [0.717, 1.165) is 41.3 Å². The molecule has 5 rings (SSSR count). The highest BCUT2D eigenvalue weighted by atomic mass is 35.5. The molecule has 0 saturated carbocycles. The lowest BCUT2D eigenvalue weighted by atomic mass is 9.86. The van der Waals surface area contributed by atoms with Crippen LogP contribution in [0.15, 0.2) is 53.6 Å². The number of hydrogen-bond donors (Lipinski definition) is 0. The topological polar surface area (TPSA) is 34.1 Å². The average Bonchev–Trinajstić information content (AvgIpc) is 3.08. The quantitative estimate of drug-likeness (QED) is 0.682. The SMILES string of the molecule is CC1(C)CC2(CCO1)Oc1ccccc1C1CC(c3ccc(Cl)cc3)=NN12. The van der Waals surface area contributed by atoms with Crippen molar-refractivity contribution < 1.29 is 9.47 Å². The highest BCUT2D eigenvalue weighted by Gasteiger charge is 2.54. The van der Waals surface area contributed by atoms with Gasteiger partial charge in [0.15, 0.2) is 0 Å². The molecular weight excluding hydrogens is 360 g/mol. The second kappa shape index (κ2) is 5.98. The predicted molar refractivity (Wildman–Crippen MR) is 106 cm³/mol. The number of para-hydroxylation sites is 1. The van der Waals surface area contributed by atoms with Gasteiger partial charge in [0.2, 0.25) is 5.72 Å². The number of nitrogens with zero attached hydrogens (tertiary/aromatic N) is 2. The molecule has 0 amide bonds. The molecule has 0 N–H and O–H groups in total. The van der Waals surface area contributed by atoms with Gasteiger partial charge in [0.05, 0.1) is 24.0 Å². The highest BCUT2D eigenvalue weighted by Crippen LogP contribution is 2.51. The lowest BCUT2D eigenvalue weighted by Crippen LogP contribution is -2.60. The van der Waals surface area contributed by atoms with Crippen molar-refractivity contribution in [3.05, 3.63) is 64.7 Å². The second-order valence-corrected chi connectivity index (χ2v) is 8.68. The summed E-state index contributed by atoms with van der Waals surface area (Å²) in [6.07, 6.45) is 2.45. The zero-order valence-electron chi connectivity index (χ0n) is 15.6. The zero-order valence-corrected chi connectivity index (χ0v) is 16.4. The van der Waals surface area contributed by atoms with Crippen LogP contribution in [0.25, 0.3) is 0 Å². The first-order chi connectivity index (χ1) is 13.0. The van der Waals surface area contributed by atoms with E-state index in [4.69, 9.17) is 26.2 Å². The largest absolute Gasteiger partial charge is 0.466 e. The van der Waals surface area contributed by atoms with Gasteiger partial charge in [0.1, 0.15) is 5.75 Å². The first kappa shape index (κ1) is 17.1. The molecule has 1 spiro atoms. The van der Waals surface area contributed by atoms with Crippen LogP contribution in [0.1, 0.15) is 50.3 Å². The number of ether oxygens (including phenoxy) is 2. The Balaban J connectivity index is 1.60. The van der Waals surface area contributed by atoms with Gasteiger partial charge in [-0.1, -0.05) is 41.9 Å². The molecule has 140 valence electrons. The van der Waals surface area contributed by atoms with E-state index in [2.05, 4.69) is 37.1 Å². The van der Waals surface area contributed by atoms with Gasteiger partial charge in [-0.05, 0) is 37.6 Å². The Kier molecular flexibility index (Phi) is 3.78. The maximum absolute atomic E-state index is 6.63. The molecule has 3 aliphatic rings. The molecular formula is C22H23ClN2O2. The predicted octanol–water partition coefficient (Wildman–Crippen LogP) is 5.17. The van der Waals surface area contributed by atoms with Crippen molar-refractivity contribution >= 4 is 17.3 Å². The van der Waals surface area contributed by atoms with E-state index < -0.39 is 5.72 Å². The number of rotatable bonds is 1. The van der Waals surface area contributed by atoms with Crippen LogP contribution in [-0.2, 0) is 4.74 Å². The fourth-order valence-electron chi connectivity index (χ4n) is 4.62. The molecule has 2 atom stereocenters. The summed E-state index contributed by atoms with van der Waals surface area (Å²) in [5.41, 5.74) is 2.70. The lowest BCUT2D eigenvalue weighted by Gasteiger charge is -2.52. The van der Waals surface area contributed by atoms with E-state index in [0.29, 0.717) is 6.61 Å². The van der Waals surface area contributed by atoms with Crippen LogP contribution in [0.3, 0.4) is 0 Å². The van der Waals surface area contributed by atoms with Crippen molar-refractivity contribution in [1.82, 2.24) is 5.01 Å². The smallest absolute Gasteiger partial charge is 0.203 e. The fraction of sp³-hybridized carbons (Fsp3) is 0.409. The summed E-state index contributed by atoms with van der Waals surface area (Å²) in [6, 6.07) is 16.5.